The van der Waals surface area contributed by atoms with Crippen molar-refractivity contribution in [3.8, 4) is 11.1 Å². The number of furan rings is 1. The van der Waals surface area contributed by atoms with E-state index in [2.05, 4.69) is 39.5 Å². The molecule has 1 N–H and O–H groups in total. The van der Waals surface area contributed by atoms with Gasteiger partial charge in [0.15, 0.2) is 0 Å². The normalized spacial score (nSPS) is 19.0. The Bertz CT molecular complexity index is 1150. The SMILES string of the molecule is O=C1NC(=O)/C(=C/c2cc3cncc(-c4ccc(CN5CCOCC5)cc4)c3o2)S1. The largest absolute Gasteiger partial charge is 0.456 e. The van der Waals surface area contributed by atoms with Gasteiger partial charge in [-0.2, -0.15) is 0 Å². The number of nitrogens with zero attached hydrogens (tertiary/aromatic N) is 2. The molecule has 152 valence electrons. The Morgan fingerprint density at radius 1 is 1.13 bits per heavy atom. The third-order valence-corrected chi connectivity index (χ3v) is 5.94. The summed E-state index contributed by atoms with van der Waals surface area (Å²) in [7, 11) is 0. The van der Waals surface area contributed by atoms with Crippen molar-refractivity contribution in [1.29, 1.82) is 0 Å². The first-order valence-corrected chi connectivity index (χ1v) is 10.5. The van der Waals surface area contributed by atoms with Crippen molar-refractivity contribution in [3.05, 3.63) is 59.0 Å². The zero-order valence-corrected chi connectivity index (χ0v) is 16.9. The Morgan fingerprint density at radius 2 is 1.93 bits per heavy atom. The monoisotopic (exact) mass is 421 g/mol. The quantitative estimate of drug-likeness (QED) is 0.644. The number of rotatable bonds is 4. The average Bonchev–Trinajstić information content (AvgIpc) is 3.31. The summed E-state index contributed by atoms with van der Waals surface area (Å²) in [6.45, 7) is 4.40. The number of morpholine rings is 1. The number of ether oxygens (including phenoxy) is 1. The third kappa shape index (κ3) is 3.89. The molecule has 2 fully saturated rings. The van der Waals surface area contributed by atoms with Crippen molar-refractivity contribution in [2.45, 2.75) is 6.54 Å². The van der Waals surface area contributed by atoms with Crippen LogP contribution >= 0.6 is 11.8 Å². The van der Waals surface area contributed by atoms with Crippen molar-refractivity contribution in [2.24, 2.45) is 0 Å². The number of nitrogens with one attached hydrogen (secondary N) is 1. The van der Waals surface area contributed by atoms with Gasteiger partial charge in [-0.1, -0.05) is 24.3 Å². The van der Waals surface area contributed by atoms with Crippen LogP contribution in [-0.4, -0.2) is 47.3 Å². The maximum atomic E-state index is 11.8. The fourth-order valence-electron chi connectivity index (χ4n) is 3.62. The van der Waals surface area contributed by atoms with Crippen LogP contribution in [0.2, 0.25) is 0 Å². The van der Waals surface area contributed by atoms with Crippen LogP contribution < -0.4 is 5.32 Å². The van der Waals surface area contributed by atoms with Crippen LogP contribution in [0.3, 0.4) is 0 Å². The minimum Gasteiger partial charge on any atom is -0.456 e. The molecule has 1 aromatic carbocycles. The molecule has 2 aliphatic rings. The van der Waals surface area contributed by atoms with Gasteiger partial charge in [-0.15, -0.1) is 0 Å². The van der Waals surface area contributed by atoms with Gasteiger partial charge in [0.25, 0.3) is 11.1 Å². The van der Waals surface area contributed by atoms with Crippen LogP contribution in [0.1, 0.15) is 11.3 Å². The molecule has 8 heteroatoms. The first-order valence-electron chi connectivity index (χ1n) is 9.67. The lowest BCUT2D eigenvalue weighted by Crippen LogP contribution is -2.35. The molecule has 0 radical (unpaired) electrons. The lowest BCUT2D eigenvalue weighted by molar-refractivity contribution is -0.115. The van der Waals surface area contributed by atoms with E-state index in [1.807, 2.05) is 6.07 Å². The first-order chi connectivity index (χ1) is 14.7. The summed E-state index contributed by atoms with van der Waals surface area (Å²) >= 11 is 0.869. The number of fused-ring (bicyclic) bond motifs is 1. The van der Waals surface area contributed by atoms with Gasteiger partial charge in [-0.05, 0) is 29.0 Å². The number of hydrogen-bond acceptors (Lipinski definition) is 7. The predicted octanol–water partition coefficient (Wildman–Crippen LogP) is 3.65. The molecule has 0 atom stereocenters. The van der Waals surface area contributed by atoms with E-state index in [4.69, 9.17) is 9.15 Å². The summed E-state index contributed by atoms with van der Waals surface area (Å²) in [5.74, 6) is 0.107. The second-order valence-electron chi connectivity index (χ2n) is 7.19. The summed E-state index contributed by atoms with van der Waals surface area (Å²) in [6.07, 6.45) is 5.09. The fraction of sp³-hybridized carbons (Fsp3) is 0.227. The summed E-state index contributed by atoms with van der Waals surface area (Å²) in [5, 5.41) is 2.71. The van der Waals surface area contributed by atoms with Crippen LogP contribution in [0.25, 0.3) is 28.2 Å². The van der Waals surface area contributed by atoms with Gasteiger partial charge < -0.3 is 9.15 Å². The molecule has 2 amide bonds. The molecule has 2 aromatic heterocycles. The molecule has 7 nitrogen and oxygen atoms in total. The molecule has 3 aromatic rings. The molecular formula is C22H19N3O4S. The molecule has 30 heavy (non-hydrogen) atoms. The molecule has 2 aliphatic heterocycles. The van der Waals surface area contributed by atoms with Crippen LogP contribution in [0.5, 0.6) is 0 Å². The molecule has 0 spiro atoms. The molecular weight excluding hydrogens is 402 g/mol. The Hall–Kier alpha value is -2.94. The zero-order chi connectivity index (χ0) is 20.5. The van der Waals surface area contributed by atoms with Crippen molar-refractivity contribution >= 4 is 40.0 Å². The Morgan fingerprint density at radius 3 is 2.67 bits per heavy atom. The van der Waals surface area contributed by atoms with Crippen LogP contribution in [0.4, 0.5) is 4.79 Å². The molecule has 0 saturated carbocycles. The minimum absolute atomic E-state index is 0.320. The van der Waals surface area contributed by atoms with Gasteiger partial charge >= 0.3 is 0 Å². The van der Waals surface area contributed by atoms with E-state index in [-0.39, 0.29) is 5.24 Å². The molecule has 0 aliphatic carbocycles. The molecule has 5 rings (SSSR count). The highest BCUT2D eigenvalue weighted by molar-refractivity contribution is 8.18. The van der Waals surface area contributed by atoms with Gasteiger partial charge in [0, 0.05) is 49.1 Å². The van der Waals surface area contributed by atoms with Crippen molar-refractivity contribution in [2.75, 3.05) is 26.3 Å². The summed E-state index contributed by atoms with van der Waals surface area (Å²) < 4.78 is 11.4. The smallest absolute Gasteiger partial charge is 0.290 e. The summed E-state index contributed by atoms with van der Waals surface area (Å²) in [6, 6.07) is 10.2. The van der Waals surface area contributed by atoms with Crippen LogP contribution in [0, 0.1) is 0 Å². The lowest BCUT2D eigenvalue weighted by atomic mass is 10.0. The van der Waals surface area contributed by atoms with E-state index in [1.165, 1.54) is 5.56 Å². The molecule has 4 heterocycles. The number of hydrogen-bond donors (Lipinski definition) is 1. The summed E-state index contributed by atoms with van der Waals surface area (Å²) in [4.78, 5) is 30.2. The first kappa shape index (κ1) is 19.0. The fourth-order valence-corrected chi connectivity index (χ4v) is 4.28. The van der Waals surface area contributed by atoms with E-state index in [0.717, 1.165) is 61.1 Å². The Balaban J connectivity index is 1.41. The van der Waals surface area contributed by atoms with Gasteiger partial charge in [-0.3, -0.25) is 24.8 Å². The van der Waals surface area contributed by atoms with Gasteiger partial charge in [0.2, 0.25) is 0 Å². The number of carbonyl (C=O) groups is 2. The van der Waals surface area contributed by atoms with Crippen LogP contribution in [0.15, 0.2) is 52.0 Å². The van der Waals surface area contributed by atoms with E-state index in [0.29, 0.717) is 16.2 Å². The zero-order valence-electron chi connectivity index (χ0n) is 16.1. The maximum Gasteiger partial charge on any atom is 0.290 e. The molecule has 2 saturated heterocycles. The van der Waals surface area contributed by atoms with E-state index in [1.54, 1.807) is 18.5 Å². The number of thioether (sulfide) groups is 1. The number of pyridine rings is 1. The van der Waals surface area contributed by atoms with Gasteiger partial charge in [-0.25, -0.2) is 0 Å². The number of carbonyl (C=O) groups excluding carboxylic acids is 2. The standard InChI is InChI=1S/C22H19N3O4S/c26-21-19(30-22(27)24-21)10-17-9-16-11-23-12-18(20(16)29-17)15-3-1-14(2-4-15)13-25-5-7-28-8-6-25/h1-4,9-12H,5-8,13H2,(H,24,26,27)/b19-10-. The highest BCUT2D eigenvalue weighted by Crippen LogP contribution is 2.33. The lowest BCUT2D eigenvalue weighted by Gasteiger charge is -2.26. The number of amides is 2. The van der Waals surface area contributed by atoms with Gasteiger partial charge in [0.1, 0.15) is 11.3 Å². The highest BCUT2D eigenvalue weighted by atomic mass is 32.2. The Kier molecular flexibility index (Phi) is 5.12. The van der Waals surface area contributed by atoms with E-state index < -0.39 is 5.91 Å². The summed E-state index contributed by atoms with van der Waals surface area (Å²) in [5.41, 5.74) is 3.84. The molecule has 0 bridgehead atoms. The van der Waals surface area contributed by atoms with Crippen molar-refractivity contribution < 1.29 is 18.7 Å². The molecule has 0 unspecified atom stereocenters. The number of benzene rings is 1. The second kappa shape index (κ2) is 8.06. The van der Waals surface area contributed by atoms with E-state index in [9.17, 15) is 9.59 Å². The van der Waals surface area contributed by atoms with Crippen molar-refractivity contribution in [3.63, 3.8) is 0 Å². The number of aromatic nitrogens is 1. The topological polar surface area (TPSA) is 84.7 Å². The minimum atomic E-state index is -0.403. The predicted molar refractivity (Wildman–Crippen MR) is 115 cm³/mol. The third-order valence-electron chi connectivity index (χ3n) is 5.13. The van der Waals surface area contributed by atoms with Gasteiger partial charge in [0.05, 0.1) is 18.1 Å². The van der Waals surface area contributed by atoms with Crippen LogP contribution in [-0.2, 0) is 16.1 Å². The highest BCUT2D eigenvalue weighted by Gasteiger charge is 2.25. The Labute approximate surface area is 177 Å². The van der Waals surface area contributed by atoms with E-state index >= 15 is 0 Å². The number of imide groups is 1. The second-order valence-corrected chi connectivity index (χ2v) is 8.21. The maximum absolute atomic E-state index is 11.8. The van der Waals surface area contributed by atoms with Crippen molar-refractivity contribution in [1.82, 2.24) is 15.2 Å². The average molecular weight is 421 g/mol.